The van der Waals surface area contributed by atoms with Crippen LogP contribution in [-0.2, 0) is 0 Å². The van der Waals surface area contributed by atoms with Gasteiger partial charge in [0, 0.05) is 24.6 Å². The molecule has 20 heavy (non-hydrogen) atoms. The van der Waals surface area contributed by atoms with Crippen LogP contribution in [0, 0.1) is 5.82 Å². The molecule has 104 valence electrons. The summed E-state index contributed by atoms with van der Waals surface area (Å²) in [5.41, 5.74) is 7.81. The van der Waals surface area contributed by atoms with Crippen molar-refractivity contribution >= 4 is 5.69 Å². The minimum Gasteiger partial charge on any atom is -0.381 e. The highest BCUT2D eigenvalue weighted by Crippen LogP contribution is 2.39. The average Bonchev–Trinajstić information content (AvgIpc) is 3.29. The summed E-state index contributed by atoms with van der Waals surface area (Å²) in [7, 11) is 0. The number of hydrogen-bond donors (Lipinski definition) is 2. The van der Waals surface area contributed by atoms with Gasteiger partial charge in [-0.25, -0.2) is 14.4 Å². The molecule has 1 aliphatic carbocycles. The van der Waals surface area contributed by atoms with Crippen molar-refractivity contribution in [3.05, 3.63) is 42.1 Å². The third kappa shape index (κ3) is 2.77. The van der Waals surface area contributed by atoms with E-state index >= 15 is 0 Å². The van der Waals surface area contributed by atoms with Gasteiger partial charge in [0.25, 0.3) is 0 Å². The van der Waals surface area contributed by atoms with E-state index in [4.69, 9.17) is 5.73 Å². The third-order valence-electron chi connectivity index (χ3n) is 3.31. The number of aromatic nitrogens is 2. The number of benzene rings is 1. The van der Waals surface area contributed by atoms with Crippen LogP contribution >= 0.6 is 0 Å². The maximum absolute atomic E-state index is 13.4. The van der Waals surface area contributed by atoms with Gasteiger partial charge in [-0.2, -0.15) is 0 Å². The molecular formula is C15H17FN4. The molecule has 2 aromatic rings. The van der Waals surface area contributed by atoms with Gasteiger partial charge in [-0.05, 0) is 25.0 Å². The zero-order chi connectivity index (χ0) is 13.9. The van der Waals surface area contributed by atoms with E-state index < -0.39 is 0 Å². The summed E-state index contributed by atoms with van der Waals surface area (Å²) in [5, 5.41) is 3.19. The van der Waals surface area contributed by atoms with Gasteiger partial charge in [-0.15, -0.1) is 0 Å². The van der Waals surface area contributed by atoms with Crippen molar-refractivity contribution in [1.82, 2.24) is 9.97 Å². The Morgan fingerprint density at radius 3 is 2.90 bits per heavy atom. The second-order valence-electron chi connectivity index (χ2n) is 4.99. The van der Waals surface area contributed by atoms with Gasteiger partial charge in [0.15, 0.2) is 0 Å². The fraction of sp³-hybridized carbons (Fsp3) is 0.333. The number of nitrogens with one attached hydrogen (secondary N) is 1. The fourth-order valence-corrected chi connectivity index (χ4v) is 2.13. The first-order valence-corrected chi connectivity index (χ1v) is 6.85. The molecule has 0 saturated heterocycles. The smallest absolute Gasteiger partial charge is 0.132 e. The molecule has 1 aromatic carbocycles. The van der Waals surface area contributed by atoms with Crippen LogP contribution in [0.3, 0.4) is 0 Å². The standard InChI is InChI=1S/C15H17FN4/c16-12-3-1-2-11(8-12)14-13(18-7-6-17)9-19-15(20-14)10-4-5-10/h1-3,8-10,18H,4-7,17H2. The van der Waals surface area contributed by atoms with Crippen LogP contribution in [0.4, 0.5) is 10.1 Å². The molecule has 1 saturated carbocycles. The molecule has 5 heteroatoms. The molecule has 0 unspecified atom stereocenters. The van der Waals surface area contributed by atoms with Gasteiger partial charge in [-0.1, -0.05) is 12.1 Å². The number of anilines is 1. The summed E-state index contributed by atoms with van der Waals surface area (Å²) < 4.78 is 13.4. The molecule has 0 radical (unpaired) electrons. The van der Waals surface area contributed by atoms with E-state index in [0.29, 0.717) is 19.0 Å². The molecule has 4 nitrogen and oxygen atoms in total. The van der Waals surface area contributed by atoms with Gasteiger partial charge in [-0.3, -0.25) is 0 Å². The molecule has 1 aliphatic rings. The lowest BCUT2D eigenvalue weighted by Gasteiger charge is -2.12. The van der Waals surface area contributed by atoms with Crippen LogP contribution in [0.25, 0.3) is 11.3 Å². The average molecular weight is 272 g/mol. The lowest BCUT2D eigenvalue weighted by Crippen LogP contribution is -2.14. The molecule has 0 bridgehead atoms. The van der Waals surface area contributed by atoms with Crippen LogP contribution in [0.1, 0.15) is 24.6 Å². The van der Waals surface area contributed by atoms with Crippen LogP contribution in [-0.4, -0.2) is 23.1 Å². The van der Waals surface area contributed by atoms with Crippen LogP contribution < -0.4 is 11.1 Å². The Bertz CT molecular complexity index is 611. The van der Waals surface area contributed by atoms with Crippen LogP contribution in [0.5, 0.6) is 0 Å². The van der Waals surface area contributed by atoms with E-state index in [1.165, 1.54) is 12.1 Å². The topological polar surface area (TPSA) is 63.8 Å². The van der Waals surface area contributed by atoms with Crippen molar-refractivity contribution in [1.29, 1.82) is 0 Å². The number of halogens is 1. The van der Waals surface area contributed by atoms with Crippen LogP contribution in [0.2, 0.25) is 0 Å². The number of rotatable bonds is 5. The summed E-state index contributed by atoms with van der Waals surface area (Å²) in [6.45, 7) is 1.15. The van der Waals surface area contributed by atoms with Crippen molar-refractivity contribution in [2.75, 3.05) is 18.4 Å². The Hall–Kier alpha value is -2.01. The molecule has 0 spiro atoms. The molecule has 1 aromatic heterocycles. The molecule has 0 aliphatic heterocycles. The Kier molecular flexibility index (Phi) is 3.60. The van der Waals surface area contributed by atoms with Gasteiger partial charge < -0.3 is 11.1 Å². The summed E-state index contributed by atoms with van der Waals surface area (Å²) >= 11 is 0. The van der Waals surface area contributed by atoms with Crippen molar-refractivity contribution in [2.45, 2.75) is 18.8 Å². The van der Waals surface area contributed by atoms with E-state index in [-0.39, 0.29) is 5.82 Å². The maximum atomic E-state index is 13.4. The molecule has 1 heterocycles. The second kappa shape index (κ2) is 5.54. The molecule has 3 rings (SSSR count). The monoisotopic (exact) mass is 272 g/mol. The molecular weight excluding hydrogens is 255 g/mol. The third-order valence-corrected chi connectivity index (χ3v) is 3.31. The lowest BCUT2D eigenvalue weighted by atomic mass is 10.1. The number of hydrogen-bond acceptors (Lipinski definition) is 4. The quantitative estimate of drug-likeness (QED) is 0.878. The Morgan fingerprint density at radius 1 is 1.35 bits per heavy atom. The first kappa shape index (κ1) is 13.0. The lowest BCUT2D eigenvalue weighted by molar-refractivity contribution is 0.628. The highest BCUT2D eigenvalue weighted by atomic mass is 19.1. The van der Waals surface area contributed by atoms with Crippen LogP contribution in [0.15, 0.2) is 30.5 Å². The predicted molar refractivity (Wildman–Crippen MR) is 76.9 cm³/mol. The Labute approximate surface area is 117 Å². The Morgan fingerprint density at radius 2 is 2.20 bits per heavy atom. The van der Waals surface area contributed by atoms with Gasteiger partial charge >= 0.3 is 0 Å². The Balaban J connectivity index is 2.01. The maximum Gasteiger partial charge on any atom is 0.132 e. The second-order valence-corrected chi connectivity index (χ2v) is 4.99. The predicted octanol–water partition coefficient (Wildman–Crippen LogP) is 2.53. The van der Waals surface area contributed by atoms with Crippen molar-refractivity contribution < 1.29 is 4.39 Å². The van der Waals surface area contributed by atoms with Gasteiger partial charge in [0.2, 0.25) is 0 Å². The summed E-state index contributed by atoms with van der Waals surface area (Å²) in [6, 6.07) is 6.47. The first-order chi connectivity index (χ1) is 9.78. The molecule has 0 amide bonds. The van der Waals surface area contributed by atoms with E-state index in [1.54, 1.807) is 12.3 Å². The van der Waals surface area contributed by atoms with Crippen molar-refractivity contribution in [3.8, 4) is 11.3 Å². The number of nitrogens with two attached hydrogens (primary N) is 1. The summed E-state index contributed by atoms with van der Waals surface area (Å²) in [5.74, 6) is 1.05. The van der Waals surface area contributed by atoms with E-state index in [1.807, 2.05) is 6.07 Å². The highest BCUT2D eigenvalue weighted by molar-refractivity contribution is 5.73. The largest absolute Gasteiger partial charge is 0.381 e. The zero-order valence-corrected chi connectivity index (χ0v) is 11.1. The first-order valence-electron chi connectivity index (χ1n) is 6.85. The van der Waals surface area contributed by atoms with Gasteiger partial charge in [0.1, 0.15) is 11.6 Å². The minimum absolute atomic E-state index is 0.265. The van der Waals surface area contributed by atoms with Gasteiger partial charge in [0.05, 0.1) is 17.6 Å². The normalized spacial score (nSPS) is 14.3. The zero-order valence-electron chi connectivity index (χ0n) is 11.1. The van der Waals surface area contributed by atoms with Crippen molar-refractivity contribution in [2.24, 2.45) is 5.73 Å². The molecule has 0 atom stereocenters. The molecule has 1 fully saturated rings. The van der Waals surface area contributed by atoms with Crippen molar-refractivity contribution in [3.63, 3.8) is 0 Å². The van der Waals surface area contributed by atoms with E-state index in [9.17, 15) is 4.39 Å². The van der Waals surface area contributed by atoms with E-state index in [0.717, 1.165) is 35.6 Å². The molecule has 3 N–H and O–H groups in total. The summed E-state index contributed by atoms with van der Waals surface area (Å²) in [6.07, 6.45) is 4.05. The number of nitrogens with zero attached hydrogens (tertiary/aromatic N) is 2. The summed E-state index contributed by atoms with van der Waals surface area (Å²) in [4.78, 5) is 9.01. The van der Waals surface area contributed by atoms with E-state index in [2.05, 4.69) is 15.3 Å². The minimum atomic E-state index is -0.265. The SMILES string of the molecule is NCCNc1cnc(C2CC2)nc1-c1cccc(F)c1. The highest BCUT2D eigenvalue weighted by Gasteiger charge is 2.27. The fourth-order valence-electron chi connectivity index (χ4n) is 2.13.